The molecule has 4 heterocycles. The first-order valence-corrected chi connectivity index (χ1v) is 15.8. The first-order valence-electron chi connectivity index (χ1n) is 15.8. The molecule has 11 aromatic rings. The quantitative estimate of drug-likeness (QED) is 0.201. The summed E-state index contributed by atoms with van der Waals surface area (Å²) in [6.45, 7) is 2.17. The van der Waals surface area contributed by atoms with Crippen molar-refractivity contribution in [2.45, 2.75) is 6.92 Å². The molecule has 214 valence electrons. The monoisotopic (exact) mass is 587 g/mol. The van der Waals surface area contributed by atoms with Gasteiger partial charge in [-0.25, -0.2) is 0 Å². The van der Waals surface area contributed by atoms with Gasteiger partial charge in [-0.05, 0) is 65.6 Å². The lowest BCUT2D eigenvalue weighted by Crippen LogP contribution is -1.87. The molecule has 11 rings (SSSR count). The Morgan fingerprint density at radius 3 is 1.54 bits per heavy atom. The zero-order chi connectivity index (χ0) is 30.1. The first-order chi connectivity index (χ1) is 22.7. The van der Waals surface area contributed by atoms with Gasteiger partial charge in [-0.15, -0.1) is 0 Å². The third kappa shape index (κ3) is 3.02. The van der Waals surface area contributed by atoms with Crippen LogP contribution in [0.3, 0.4) is 0 Å². The van der Waals surface area contributed by atoms with Crippen LogP contribution in [0.2, 0.25) is 0 Å². The molecule has 0 aliphatic carbocycles. The van der Waals surface area contributed by atoms with E-state index in [1.54, 1.807) is 0 Å². The fourth-order valence-electron chi connectivity index (χ4n) is 7.97. The molecule has 0 bridgehead atoms. The summed E-state index contributed by atoms with van der Waals surface area (Å²) in [7, 11) is 0. The predicted octanol–water partition coefficient (Wildman–Crippen LogP) is 12.3. The highest BCUT2D eigenvalue weighted by Gasteiger charge is 2.25. The average Bonchev–Trinajstić information content (AvgIpc) is 3.84. The molecule has 0 N–H and O–H groups in total. The lowest BCUT2D eigenvalue weighted by Gasteiger charge is -2.12. The van der Waals surface area contributed by atoms with Crippen LogP contribution in [0.5, 0.6) is 0 Å². The fourth-order valence-corrected chi connectivity index (χ4v) is 7.97. The van der Waals surface area contributed by atoms with Gasteiger partial charge < -0.3 is 13.2 Å². The van der Waals surface area contributed by atoms with Gasteiger partial charge in [-0.2, -0.15) is 0 Å². The van der Waals surface area contributed by atoms with E-state index in [1.165, 1.54) is 54.9 Å². The van der Waals surface area contributed by atoms with Crippen LogP contribution < -0.4 is 0 Å². The van der Waals surface area contributed by atoms with Gasteiger partial charge in [-0.3, -0.25) is 0 Å². The summed E-state index contributed by atoms with van der Waals surface area (Å²) in [6.07, 6.45) is 0. The molecule has 0 atom stereocenters. The van der Waals surface area contributed by atoms with E-state index in [4.69, 9.17) is 8.83 Å². The van der Waals surface area contributed by atoms with Crippen molar-refractivity contribution >= 4 is 82.0 Å². The molecule has 0 unspecified atom stereocenters. The number of aromatic nitrogens is 1. The van der Waals surface area contributed by atoms with Crippen molar-refractivity contribution in [3.8, 4) is 22.3 Å². The minimum atomic E-state index is 0.899. The number of benzene rings is 7. The lowest BCUT2D eigenvalue weighted by molar-refractivity contribution is 0.670. The minimum absolute atomic E-state index is 0.899. The van der Waals surface area contributed by atoms with E-state index in [9.17, 15) is 0 Å². The largest absolute Gasteiger partial charge is 0.454 e. The summed E-state index contributed by atoms with van der Waals surface area (Å²) in [5, 5.41) is 9.29. The number of aryl methyl sites for hydroxylation is 1. The van der Waals surface area contributed by atoms with E-state index in [0.717, 1.165) is 54.9 Å². The molecule has 0 aliphatic rings. The molecule has 3 heteroatoms. The van der Waals surface area contributed by atoms with E-state index in [0.29, 0.717) is 0 Å². The second-order valence-electron chi connectivity index (χ2n) is 12.5. The van der Waals surface area contributed by atoms with E-state index in [-0.39, 0.29) is 0 Å². The molecule has 3 nitrogen and oxygen atoms in total. The van der Waals surface area contributed by atoms with E-state index in [2.05, 4.69) is 133 Å². The van der Waals surface area contributed by atoms with Crippen molar-refractivity contribution in [1.82, 2.24) is 4.40 Å². The Labute approximate surface area is 262 Å². The summed E-state index contributed by atoms with van der Waals surface area (Å²) >= 11 is 0. The van der Waals surface area contributed by atoms with Gasteiger partial charge in [0.2, 0.25) is 0 Å². The maximum atomic E-state index is 6.70. The van der Waals surface area contributed by atoms with Gasteiger partial charge in [0.1, 0.15) is 11.2 Å². The number of nitrogens with zero attached hydrogens (tertiary/aromatic N) is 1. The van der Waals surface area contributed by atoms with Crippen molar-refractivity contribution in [2.24, 2.45) is 0 Å². The van der Waals surface area contributed by atoms with Gasteiger partial charge in [-0.1, -0.05) is 103 Å². The number of hydrogen-bond donors (Lipinski definition) is 0. The number of furan rings is 2. The van der Waals surface area contributed by atoms with Crippen LogP contribution in [0, 0.1) is 6.92 Å². The van der Waals surface area contributed by atoms with Crippen LogP contribution in [-0.4, -0.2) is 4.40 Å². The third-order valence-corrected chi connectivity index (χ3v) is 9.97. The highest BCUT2D eigenvalue weighted by atomic mass is 16.3. The zero-order valence-electron chi connectivity index (χ0n) is 25.0. The molecule has 0 aliphatic heterocycles. The smallest absolute Gasteiger partial charge is 0.160 e. The number of para-hydroxylation sites is 2. The molecule has 7 aromatic carbocycles. The van der Waals surface area contributed by atoms with Crippen molar-refractivity contribution in [2.75, 3.05) is 0 Å². The standard InChI is InChI=1S/C43H25NO2/c1-24-15-16-27(25-9-3-2-4-10-25)34(21-24)26-22-35-30-17-19-32-28-11-5-7-13-37(28)45-42(32)40(30)44-39(35)36(23-26)31-18-20-33-29-12-6-8-14-38(29)46-43(33)41(31)44/h2-23H,1H3. The molecule has 0 radical (unpaired) electrons. The molecule has 0 saturated carbocycles. The maximum absolute atomic E-state index is 6.70. The van der Waals surface area contributed by atoms with Crippen molar-refractivity contribution in [3.05, 3.63) is 139 Å². The van der Waals surface area contributed by atoms with Crippen LogP contribution in [-0.2, 0) is 0 Å². The van der Waals surface area contributed by atoms with Crippen LogP contribution in [0.4, 0.5) is 0 Å². The topological polar surface area (TPSA) is 30.7 Å². The van der Waals surface area contributed by atoms with Crippen LogP contribution in [0.1, 0.15) is 5.56 Å². The second kappa shape index (κ2) is 8.56. The normalized spacial score (nSPS) is 12.5. The van der Waals surface area contributed by atoms with E-state index < -0.39 is 0 Å². The summed E-state index contributed by atoms with van der Waals surface area (Å²) in [6, 6.07) is 48.0. The van der Waals surface area contributed by atoms with Crippen molar-refractivity contribution in [3.63, 3.8) is 0 Å². The second-order valence-corrected chi connectivity index (χ2v) is 12.5. The summed E-state index contributed by atoms with van der Waals surface area (Å²) in [5.74, 6) is 0. The first kappa shape index (κ1) is 24.3. The van der Waals surface area contributed by atoms with Gasteiger partial charge in [0, 0.05) is 43.1 Å². The van der Waals surface area contributed by atoms with Crippen LogP contribution in [0.25, 0.3) is 104 Å². The molecule has 0 spiro atoms. The van der Waals surface area contributed by atoms with Crippen molar-refractivity contribution in [1.29, 1.82) is 0 Å². The third-order valence-electron chi connectivity index (χ3n) is 9.97. The lowest BCUT2D eigenvalue weighted by atomic mass is 9.91. The molecule has 0 fully saturated rings. The number of rotatable bonds is 2. The van der Waals surface area contributed by atoms with Gasteiger partial charge in [0.05, 0.1) is 16.6 Å². The number of hydrogen-bond acceptors (Lipinski definition) is 2. The SMILES string of the molecule is Cc1ccc(-c2ccccc2)c(-c2cc3c4ccc5c6ccccc6oc5c4n4c3c(c2)c2ccc3c5ccccc5oc3c24)c1. The summed E-state index contributed by atoms with van der Waals surface area (Å²) in [5.41, 5.74) is 13.1. The Morgan fingerprint density at radius 2 is 0.935 bits per heavy atom. The molecule has 4 aromatic heterocycles. The highest BCUT2D eigenvalue weighted by Crippen LogP contribution is 2.48. The van der Waals surface area contributed by atoms with E-state index >= 15 is 0 Å². The summed E-state index contributed by atoms with van der Waals surface area (Å²) in [4.78, 5) is 0. The maximum Gasteiger partial charge on any atom is 0.160 e. The van der Waals surface area contributed by atoms with Gasteiger partial charge >= 0.3 is 0 Å². The number of fused-ring (bicyclic) bond motifs is 14. The fraction of sp³-hybridized carbons (Fsp3) is 0.0233. The minimum Gasteiger partial charge on any atom is -0.454 e. The molecular formula is C43H25NO2. The molecule has 0 saturated heterocycles. The van der Waals surface area contributed by atoms with E-state index in [1.807, 2.05) is 12.1 Å². The Hall–Kier alpha value is -6.06. The van der Waals surface area contributed by atoms with Crippen LogP contribution >= 0.6 is 0 Å². The highest BCUT2D eigenvalue weighted by molar-refractivity contribution is 6.32. The van der Waals surface area contributed by atoms with Crippen molar-refractivity contribution < 1.29 is 8.83 Å². The van der Waals surface area contributed by atoms with Crippen LogP contribution in [0.15, 0.2) is 142 Å². The predicted molar refractivity (Wildman–Crippen MR) is 191 cm³/mol. The Balaban J connectivity index is 1.37. The Kier molecular flexibility index (Phi) is 4.52. The van der Waals surface area contributed by atoms with Gasteiger partial charge in [0.15, 0.2) is 11.2 Å². The van der Waals surface area contributed by atoms with Gasteiger partial charge in [0.25, 0.3) is 0 Å². The molecule has 46 heavy (non-hydrogen) atoms. The molecular weight excluding hydrogens is 562 g/mol. The summed E-state index contributed by atoms with van der Waals surface area (Å²) < 4.78 is 15.8. The Morgan fingerprint density at radius 1 is 0.391 bits per heavy atom. The average molecular weight is 588 g/mol. The Bertz CT molecular complexity index is 2870. The molecule has 0 amide bonds. The zero-order valence-corrected chi connectivity index (χ0v) is 25.0.